The summed E-state index contributed by atoms with van der Waals surface area (Å²) in [6.45, 7) is 0. The molecule has 2 nitrogen and oxygen atoms in total. The van der Waals surface area contributed by atoms with Gasteiger partial charge in [-0.15, -0.1) is 0 Å². The van der Waals surface area contributed by atoms with Gasteiger partial charge in [0.25, 0.3) is 0 Å². The Morgan fingerprint density at radius 2 is 2.14 bits per heavy atom. The van der Waals surface area contributed by atoms with Gasteiger partial charge in [0.2, 0.25) is 0 Å². The molecule has 0 fully saturated rings. The number of methoxy groups -OCH3 is 1. The van der Waals surface area contributed by atoms with Gasteiger partial charge in [0.15, 0.2) is 11.6 Å². The number of hydrogen-bond donors (Lipinski definition) is 0. The van der Waals surface area contributed by atoms with Crippen LogP contribution >= 0.6 is 0 Å². The SMILES string of the molecule is COC(=O)CCc1cccc(F)c1F. The van der Waals surface area contributed by atoms with E-state index in [4.69, 9.17) is 0 Å². The Kier molecular flexibility index (Phi) is 3.56. The molecule has 0 radical (unpaired) electrons. The van der Waals surface area contributed by atoms with E-state index in [1.54, 1.807) is 0 Å². The predicted molar refractivity (Wildman–Crippen MR) is 46.7 cm³/mol. The second kappa shape index (κ2) is 4.69. The van der Waals surface area contributed by atoms with Crippen LogP contribution in [0.2, 0.25) is 0 Å². The van der Waals surface area contributed by atoms with Crippen molar-refractivity contribution in [3.05, 3.63) is 35.4 Å². The minimum absolute atomic E-state index is 0.0525. The summed E-state index contributed by atoms with van der Waals surface area (Å²) in [5.41, 5.74) is 0.190. The molecule has 0 heterocycles. The molecule has 76 valence electrons. The maximum absolute atomic E-state index is 13.0. The Bertz CT molecular complexity index is 337. The van der Waals surface area contributed by atoms with Crippen LogP contribution in [0.25, 0.3) is 0 Å². The highest BCUT2D eigenvalue weighted by Gasteiger charge is 2.09. The molecule has 0 amide bonds. The average Bonchev–Trinajstić information content (AvgIpc) is 2.20. The minimum atomic E-state index is -0.896. The van der Waals surface area contributed by atoms with Crippen molar-refractivity contribution in [1.82, 2.24) is 0 Å². The number of carbonyl (C=O) groups is 1. The molecule has 0 bridgehead atoms. The average molecular weight is 200 g/mol. The van der Waals surface area contributed by atoms with Crippen molar-refractivity contribution in [3.8, 4) is 0 Å². The molecule has 0 aliphatic heterocycles. The van der Waals surface area contributed by atoms with Gasteiger partial charge in [-0.25, -0.2) is 8.78 Å². The molecular weight excluding hydrogens is 190 g/mol. The first-order valence-electron chi connectivity index (χ1n) is 4.15. The lowest BCUT2D eigenvalue weighted by molar-refractivity contribution is -0.140. The first kappa shape index (κ1) is 10.6. The quantitative estimate of drug-likeness (QED) is 0.698. The fourth-order valence-electron chi connectivity index (χ4n) is 1.08. The summed E-state index contributed by atoms with van der Waals surface area (Å²) < 4.78 is 30.1. The molecule has 0 aromatic heterocycles. The Labute approximate surface area is 80.5 Å². The summed E-state index contributed by atoms with van der Waals surface area (Å²) in [5, 5.41) is 0. The lowest BCUT2D eigenvalue weighted by Gasteiger charge is -2.02. The zero-order valence-electron chi connectivity index (χ0n) is 7.72. The van der Waals surface area contributed by atoms with Crippen LogP contribution in [-0.2, 0) is 16.0 Å². The molecule has 1 aromatic carbocycles. The highest BCUT2D eigenvalue weighted by atomic mass is 19.2. The van der Waals surface area contributed by atoms with E-state index in [2.05, 4.69) is 4.74 Å². The molecule has 0 unspecified atom stereocenters. The van der Waals surface area contributed by atoms with Gasteiger partial charge in [0, 0.05) is 6.42 Å². The number of benzene rings is 1. The van der Waals surface area contributed by atoms with E-state index in [0.29, 0.717) is 0 Å². The second-order valence-corrected chi connectivity index (χ2v) is 2.79. The van der Waals surface area contributed by atoms with Crippen LogP contribution in [0.15, 0.2) is 18.2 Å². The highest BCUT2D eigenvalue weighted by Crippen LogP contribution is 2.13. The Hall–Kier alpha value is -1.45. The monoisotopic (exact) mass is 200 g/mol. The van der Waals surface area contributed by atoms with Gasteiger partial charge in [-0.2, -0.15) is 0 Å². The molecule has 0 atom stereocenters. The normalized spacial score (nSPS) is 9.93. The van der Waals surface area contributed by atoms with Crippen molar-refractivity contribution >= 4 is 5.97 Å². The molecule has 0 saturated carbocycles. The van der Waals surface area contributed by atoms with Crippen molar-refractivity contribution in [2.45, 2.75) is 12.8 Å². The van der Waals surface area contributed by atoms with E-state index in [1.807, 2.05) is 0 Å². The standard InChI is InChI=1S/C10H10F2O2/c1-14-9(13)6-5-7-3-2-4-8(11)10(7)12/h2-4H,5-6H2,1H3. The molecule has 0 saturated heterocycles. The Balaban J connectivity index is 2.68. The van der Waals surface area contributed by atoms with Crippen LogP contribution in [0, 0.1) is 11.6 Å². The van der Waals surface area contributed by atoms with Gasteiger partial charge in [-0.05, 0) is 18.1 Å². The highest BCUT2D eigenvalue weighted by molar-refractivity contribution is 5.69. The van der Waals surface area contributed by atoms with E-state index in [1.165, 1.54) is 19.2 Å². The number of ether oxygens (including phenoxy) is 1. The number of hydrogen-bond acceptors (Lipinski definition) is 2. The molecule has 4 heteroatoms. The minimum Gasteiger partial charge on any atom is -0.469 e. The van der Waals surface area contributed by atoms with E-state index in [9.17, 15) is 13.6 Å². The first-order valence-corrected chi connectivity index (χ1v) is 4.15. The molecule has 0 spiro atoms. The molecule has 1 rings (SSSR count). The largest absolute Gasteiger partial charge is 0.469 e. The van der Waals surface area contributed by atoms with Gasteiger partial charge < -0.3 is 4.74 Å². The van der Waals surface area contributed by atoms with Gasteiger partial charge in [0.05, 0.1) is 7.11 Å². The lowest BCUT2D eigenvalue weighted by Crippen LogP contribution is -2.03. The van der Waals surface area contributed by atoms with E-state index < -0.39 is 17.6 Å². The summed E-state index contributed by atoms with van der Waals surface area (Å²) in [7, 11) is 1.25. The maximum Gasteiger partial charge on any atom is 0.305 e. The summed E-state index contributed by atoms with van der Waals surface area (Å²) >= 11 is 0. The molecule has 0 aliphatic carbocycles. The fraction of sp³-hybridized carbons (Fsp3) is 0.300. The number of rotatable bonds is 3. The fourth-order valence-corrected chi connectivity index (χ4v) is 1.08. The number of esters is 1. The summed E-state index contributed by atoms with van der Waals surface area (Å²) in [6.07, 6.45) is 0.202. The summed E-state index contributed by atoms with van der Waals surface area (Å²) in [5.74, 6) is -2.22. The van der Waals surface area contributed by atoms with Crippen molar-refractivity contribution < 1.29 is 18.3 Å². The van der Waals surface area contributed by atoms with Crippen LogP contribution in [0.3, 0.4) is 0 Å². The summed E-state index contributed by atoms with van der Waals surface area (Å²) in [6, 6.07) is 3.89. The third-order valence-electron chi connectivity index (χ3n) is 1.86. The maximum atomic E-state index is 13.0. The van der Waals surface area contributed by atoms with Crippen LogP contribution in [0.4, 0.5) is 8.78 Å². The lowest BCUT2D eigenvalue weighted by atomic mass is 10.1. The zero-order valence-corrected chi connectivity index (χ0v) is 7.72. The van der Waals surface area contributed by atoms with E-state index in [-0.39, 0.29) is 18.4 Å². The third-order valence-corrected chi connectivity index (χ3v) is 1.86. The molecule has 14 heavy (non-hydrogen) atoms. The van der Waals surface area contributed by atoms with Crippen molar-refractivity contribution in [3.63, 3.8) is 0 Å². The third kappa shape index (κ3) is 2.52. The smallest absolute Gasteiger partial charge is 0.305 e. The van der Waals surface area contributed by atoms with Crippen molar-refractivity contribution in [2.24, 2.45) is 0 Å². The summed E-state index contributed by atoms with van der Waals surface area (Å²) in [4.78, 5) is 10.7. The van der Waals surface area contributed by atoms with Gasteiger partial charge >= 0.3 is 5.97 Å². The van der Waals surface area contributed by atoms with E-state index in [0.717, 1.165) is 6.07 Å². The predicted octanol–water partition coefficient (Wildman–Crippen LogP) is 2.07. The van der Waals surface area contributed by atoms with Crippen molar-refractivity contribution in [1.29, 1.82) is 0 Å². The van der Waals surface area contributed by atoms with Crippen LogP contribution in [0.5, 0.6) is 0 Å². The topological polar surface area (TPSA) is 26.3 Å². The van der Waals surface area contributed by atoms with Gasteiger partial charge in [-0.1, -0.05) is 12.1 Å². The molecule has 1 aromatic rings. The molecular formula is C10H10F2O2. The Morgan fingerprint density at radius 1 is 1.43 bits per heavy atom. The van der Waals surface area contributed by atoms with Crippen molar-refractivity contribution in [2.75, 3.05) is 7.11 Å². The molecule has 0 N–H and O–H groups in total. The molecule has 0 aliphatic rings. The van der Waals surface area contributed by atoms with Gasteiger partial charge in [0.1, 0.15) is 0 Å². The Morgan fingerprint density at radius 3 is 2.79 bits per heavy atom. The van der Waals surface area contributed by atoms with Crippen LogP contribution < -0.4 is 0 Å². The van der Waals surface area contributed by atoms with Crippen LogP contribution in [-0.4, -0.2) is 13.1 Å². The second-order valence-electron chi connectivity index (χ2n) is 2.79. The first-order chi connectivity index (χ1) is 6.65. The van der Waals surface area contributed by atoms with Gasteiger partial charge in [-0.3, -0.25) is 4.79 Å². The number of carbonyl (C=O) groups excluding carboxylic acids is 1. The zero-order chi connectivity index (χ0) is 10.6. The van der Waals surface area contributed by atoms with E-state index >= 15 is 0 Å². The number of halogens is 2. The number of aryl methyl sites for hydroxylation is 1. The van der Waals surface area contributed by atoms with Crippen LogP contribution in [0.1, 0.15) is 12.0 Å².